The highest BCUT2D eigenvalue weighted by Gasteiger charge is 2.13. The summed E-state index contributed by atoms with van der Waals surface area (Å²) in [4.78, 5) is 11.8. The van der Waals surface area contributed by atoms with Crippen molar-refractivity contribution in [2.75, 3.05) is 25.6 Å². The Bertz CT molecular complexity index is 480. The molecular weight excluding hydrogens is 242 g/mol. The molecule has 5 nitrogen and oxygen atoms in total. The molecule has 0 aliphatic heterocycles. The summed E-state index contributed by atoms with van der Waals surface area (Å²) in [7, 11) is 1.59. The predicted molar refractivity (Wildman–Crippen MR) is 73.9 cm³/mol. The highest BCUT2D eigenvalue weighted by Crippen LogP contribution is 2.17. The number of aryl methyl sites for hydroxylation is 1. The standard InChI is InChI=1S/C14H19N3O2/c1-10-4-5-12(9-15)8-13(10)17-11(2)14(18)16-6-7-19-3/h4-5,8,11,17H,6-7H2,1-3H3,(H,16,18). The Morgan fingerprint density at radius 2 is 2.26 bits per heavy atom. The van der Waals surface area contributed by atoms with Crippen molar-refractivity contribution < 1.29 is 9.53 Å². The summed E-state index contributed by atoms with van der Waals surface area (Å²) in [6.07, 6.45) is 0. The zero-order chi connectivity index (χ0) is 14.3. The molecule has 5 heteroatoms. The van der Waals surface area contributed by atoms with E-state index in [2.05, 4.69) is 16.7 Å². The van der Waals surface area contributed by atoms with Gasteiger partial charge in [0.1, 0.15) is 6.04 Å². The van der Waals surface area contributed by atoms with Crippen LogP contribution in [0.2, 0.25) is 0 Å². The quantitative estimate of drug-likeness (QED) is 0.760. The normalized spacial score (nSPS) is 11.5. The number of nitriles is 1. The van der Waals surface area contributed by atoms with Gasteiger partial charge in [-0.1, -0.05) is 6.07 Å². The van der Waals surface area contributed by atoms with Gasteiger partial charge < -0.3 is 15.4 Å². The minimum Gasteiger partial charge on any atom is -0.383 e. The number of rotatable bonds is 6. The van der Waals surface area contributed by atoms with E-state index >= 15 is 0 Å². The molecule has 0 saturated heterocycles. The van der Waals surface area contributed by atoms with Crippen LogP contribution in [0.5, 0.6) is 0 Å². The van der Waals surface area contributed by atoms with E-state index in [-0.39, 0.29) is 11.9 Å². The van der Waals surface area contributed by atoms with Crippen LogP contribution in [0.3, 0.4) is 0 Å². The van der Waals surface area contributed by atoms with Gasteiger partial charge in [-0.2, -0.15) is 5.26 Å². The maximum absolute atomic E-state index is 11.8. The first-order chi connectivity index (χ1) is 9.08. The number of nitrogens with zero attached hydrogens (tertiary/aromatic N) is 1. The van der Waals surface area contributed by atoms with Crippen LogP contribution in [0.15, 0.2) is 18.2 Å². The van der Waals surface area contributed by atoms with E-state index in [1.807, 2.05) is 13.0 Å². The lowest BCUT2D eigenvalue weighted by molar-refractivity contribution is -0.121. The number of carbonyl (C=O) groups excluding carboxylic acids is 1. The van der Waals surface area contributed by atoms with E-state index in [9.17, 15) is 4.79 Å². The number of carbonyl (C=O) groups is 1. The minimum absolute atomic E-state index is 0.0983. The molecule has 0 aliphatic carbocycles. The first-order valence-electron chi connectivity index (χ1n) is 6.12. The molecule has 1 atom stereocenters. The van der Waals surface area contributed by atoms with Crippen LogP contribution in [-0.2, 0) is 9.53 Å². The largest absolute Gasteiger partial charge is 0.383 e. The molecule has 2 N–H and O–H groups in total. The molecule has 1 aromatic rings. The predicted octanol–water partition coefficient (Wildman–Crippen LogP) is 1.43. The van der Waals surface area contributed by atoms with Gasteiger partial charge in [0.15, 0.2) is 0 Å². The van der Waals surface area contributed by atoms with Crippen molar-refractivity contribution >= 4 is 11.6 Å². The fourth-order valence-corrected chi connectivity index (χ4v) is 1.58. The Labute approximate surface area is 113 Å². The van der Waals surface area contributed by atoms with Crippen molar-refractivity contribution in [3.8, 4) is 6.07 Å². The van der Waals surface area contributed by atoms with Crippen molar-refractivity contribution in [3.05, 3.63) is 29.3 Å². The monoisotopic (exact) mass is 261 g/mol. The number of ether oxygens (including phenoxy) is 1. The van der Waals surface area contributed by atoms with Crippen LogP contribution >= 0.6 is 0 Å². The zero-order valence-corrected chi connectivity index (χ0v) is 11.5. The molecule has 1 aromatic carbocycles. The van der Waals surface area contributed by atoms with E-state index in [0.717, 1.165) is 11.3 Å². The van der Waals surface area contributed by atoms with Gasteiger partial charge in [-0.25, -0.2) is 0 Å². The van der Waals surface area contributed by atoms with Gasteiger partial charge >= 0.3 is 0 Å². The lowest BCUT2D eigenvalue weighted by Crippen LogP contribution is -2.39. The van der Waals surface area contributed by atoms with E-state index in [0.29, 0.717) is 18.7 Å². The van der Waals surface area contributed by atoms with Gasteiger partial charge in [0.25, 0.3) is 0 Å². The number of benzene rings is 1. The topological polar surface area (TPSA) is 74.2 Å². The molecule has 102 valence electrons. The van der Waals surface area contributed by atoms with Gasteiger partial charge in [-0.05, 0) is 31.5 Å². The second-order valence-electron chi connectivity index (χ2n) is 4.29. The first kappa shape index (κ1) is 15.0. The Kier molecular flexibility index (Phi) is 5.83. The number of methoxy groups -OCH3 is 1. The molecule has 1 amide bonds. The van der Waals surface area contributed by atoms with Crippen molar-refractivity contribution in [1.82, 2.24) is 5.32 Å². The van der Waals surface area contributed by atoms with Crippen molar-refractivity contribution in [2.24, 2.45) is 0 Å². The molecule has 1 unspecified atom stereocenters. The Morgan fingerprint density at radius 1 is 1.53 bits per heavy atom. The van der Waals surface area contributed by atoms with Crippen LogP contribution in [0.1, 0.15) is 18.1 Å². The van der Waals surface area contributed by atoms with Crippen molar-refractivity contribution in [2.45, 2.75) is 19.9 Å². The van der Waals surface area contributed by atoms with E-state index in [1.54, 1.807) is 26.2 Å². The van der Waals surface area contributed by atoms with Gasteiger partial charge in [0.05, 0.1) is 18.2 Å². The van der Waals surface area contributed by atoms with Crippen LogP contribution in [0.4, 0.5) is 5.69 Å². The molecule has 0 aromatic heterocycles. The summed E-state index contributed by atoms with van der Waals surface area (Å²) >= 11 is 0. The molecule has 0 radical (unpaired) electrons. The lowest BCUT2D eigenvalue weighted by atomic mass is 10.1. The molecule has 19 heavy (non-hydrogen) atoms. The van der Waals surface area contributed by atoms with Gasteiger partial charge in [-0.3, -0.25) is 4.79 Å². The number of hydrogen-bond acceptors (Lipinski definition) is 4. The van der Waals surface area contributed by atoms with Crippen LogP contribution < -0.4 is 10.6 Å². The highest BCUT2D eigenvalue weighted by molar-refractivity contribution is 5.84. The second-order valence-corrected chi connectivity index (χ2v) is 4.29. The number of anilines is 1. The number of nitrogens with one attached hydrogen (secondary N) is 2. The summed E-state index contributed by atoms with van der Waals surface area (Å²) in [6.45, 7) is 4.68. The van der Waals surface area contributed by atoms with Crippen LogP contribution in [0.25, 0.3) is 0 Å². The zero-order valence-electron chi connectivity index (χ0n) is 11.5. The third kappa shape index (κ3) is 4.60. The van der Waals surface area contributed by atoms with E-state index in [1.165, 1.54) is 0 Å². The van der Waals surface area contributed by atoms with Crippen molar-refractivity contribution in [1.29, 1.82) is 5.26 Å². The van der Waals surface area contributed by atoms with Crippen LogP contribution in [-0.4, -0.2) is 32.2 Å². The van der Waals surface area contributed by atoms with Crippen molar-refractivity contribution in [3.63, 3.8) is 0 Å². The molecular formula is C14H19N3O2. The molecule has 0 fully saturated rings. The van der Waals surface area contributed by atoms with Gasteiger partial charge in [-0.15, -0.1) is 0 Å². The smallest absolute Gasteiger partial charge is 0.242 e. The molecule has 0 aliphatic rings. The summed E-state index contributed by atoms with van der Waals surface area (Å²) in [5, 5.41) is 14.7. The Hall–Kier alpha value is -2.06. The number of hydrogen-bond donors (Lipinski definition) is 2. The van der Waals surface area contributed by atoms with Crippen LogP contribution in [0, 0.1) is 18.3 Å². The molecule has 0 saturated carbocycles. The van der Waals surface area contributed by atoms with Gasteiger partial charge in [0.2, 0.25) is 5.91 Å². The molecule has 1 rings (SSSR count). The summed E-state index contributed by atoms with van der Waals surface area (Å²) in [6, 6.07) is 7.07. The van der Waals surface area contributed by atoms with Gasteiger partial charge in [0, 0.05) is 19.3 Å². The first-order valence-corrected chi connectivity index (χ1v) is 6.12. The third-order valence-corrected chi connectivity index (χ3v) is 2.74. The number of amides is 1. The summed E-state index contributed by atoms with van der Waals surface area (Å²) in [5.74, 6) is -0.0983. The lowest BCUT2D eigenvalue weighted by Gasteiger charge is -2.17. The highest BCUT2D eigenvalue weighted by atomic mass is 16.5. The van der Waals surface area contributed by atoms with E-state index in [4.69, 9.17) is 10.00 Å². The molecule has 0 spiro atoms. The second kappa shape index (κ2) is 7.39. The maximum atomic E-state index is 11.8. The molecule has 0 bridgehead atoms. The third-order valence-electron chi connectivity index (χ3n) is 2.74. The Balaban J connectivity index is 2.63. The Morgan fingerprint density at radius 3 is 2.89 bits per heavy atom. The SMILES string of the molecule is COCCNC(=O)C(C)Nc1cc(C#N)ccc1C. The minimum atomic E-state index is -0.371. The fraction of sp³-hybridized carbons (Fsp3) is 0.429. The average Bonchev–Trinajstić information content (AvgIpc) is 2.41. The summed E-state index contributed by atoms with van der Waals surface area (Å²) in [5.41, 5.74) is 2.36. The van der Waals surface area contributed by atoms with E-state index < -0.39 is 0 Å². The average molecular weight is 261 g/mol. The summed E-state index contributed by atoms with van der Waals surface area (Å²) < 4.78 is 4.87. The maximum Gasteiger partial charge on any atom is 0.242 e. The molecule has 0 heterocycles. The fourth-order valence-electron chi connectivity index (χ4n) is 1.58.